The number of benzene rings is 2. The van der Waals surface area contributed by atoms with Crippen LogP contribution in [-0.4, -0.2) is 0 Å². The highest BCUT2D eigenvalue weighted by Gasteiger charge is 2.17. The third-order valence-electron chi connectivity index (χ3n) is 2.98. The van der Waals surface area contributed by atoms with Crippen LogP contribution in [0.15, 0.2) is 40.9 Å². The Morgan fingerprint density at radius 2 is 1.95 bits per heavy atom. The molecule has 0 heterocycles. The van der Waals surface area contributed by atoms with Gasteiger partial charge in [-0.3, -0.25) is 11.3 Å². The normalized spacial score (nSPS) is 12.4. The topological polar surface area (TPSA) is 38.0 Å². The lowest BCUT2D eigenvalue weighted by atomic mass is 9.99. The van der Waals surface area contributed by atoms with Gasteiger partial charge in [0.1, 0.15) is 11.6 Å². The van der Waals surface area contributed by atoms with Gasteiger partial charge in [-0.15, -0.1) is 0 Å². The monoisotopic (exact) mass is 360 g/mol. The molecule has 0 saturated carbocycles. The fourth-order valence-corrected chi connectivity index (χ4v) is 2.70. The summed E-state index contributed by atoms with van der Waals surface area (Å²) in [6, 6.07) is 8.35. The zero-order chi connectivity index (χ0) is 14.7. The molecule has 6 heteroatoms. The van der Waals surface area contributed by atoms with Crippen LogP contribution in [0.4, 0.5) is 8.78 Å². The molecular weight excluding hydrogens is 350 g/mol. The Kier molecular flexibility index (Phi) is 5.10. The molecule has 0 aliphatic heterocycles. The molecule has 2 rings (SSSR count). The standard InChI is InChI=1S/C14H12BrClF2N2/c15-9-2-1-8(12(16)6-9)5-14(20-19)11-4-3-10(17)7-13(11)18/h1-4,6-7,14,20H,5,19H2. The van der Waals surface area contributed by atoms with E-state index in [4.69, 9.17) is 17.4 Å². The number of nitrogens with one attached hydrogen (secondary N) is 1. The average molecular weight is 362 g/mol. The summed E-state index contributed by atoms with van der Waals surface area (Å²) in [5.74, 6) is 4.22. The molecule has 3 N–H and O–H groups in total. The highest BCUT2D eigenvalue weighted by atomic mass is 79.9. The van der Waals surface area contributed by atoms with E-state index in [-0.39, 0.29) is 0 Å². The lowest BCUT2D eigenvalue weighted by Crippen LogP contribution is -2.30. The summed E-state index contributed by atoms with van der Waals surface area (Å²) in [6.45, 7) is 0. The van der Waals surface area contributed by atoms with E-state index in [1.807, 2.05) is 12.1 Å². The van der Waals surface area contributed by atoms with E-state index in [2.05, 4.69) is 21.4 Å². The largest absolute Gasteiger partial charge is 0.271 e. The van der Waals surface area contributed by atoms with Gasteiger partial charge in [-0.2, -0.15) is 0 Å². The average Bonchev–Trinajstić information content (AvgIpc) is 2.39. The SMILES string of the molecule is NNC(Cc1ccc(Br)cc1Cl)c1ccc(F)cc1F. The zero-order valence-electron chi connectivity index (χ0n) is 10.3. The summed E-state index contributed by atoms with van der Waals surface area (Å²) in [6.07, 6.45) is 0.394. The van der Waals surface area contributed by atoms with Gasteiger partial charge in [0.05, 0.1) is 6.04 Å². The number of halogens is 4. The van der Waals surface area contributed by atoms with Gasteiger partial charge in [0, 0.05) is 21.1 Å². The van der Waals surface area contributed by atoms with Gasteiger partial charge in [0.25, 0.3) is 0 Å². The molecule has 0 radical (unpaired) electrons. The van der Waals surface area contributed by atoms with E-state index >= 15 is 0 Å². The Morgan fingerprint density at radius 3 is 2.55 bits per heavy atom. The van der Waals surface area contributed by atoms with Gasteiger partial charge in [-0.05, 0) is 30.2 Å². The van der Waals surface area contributed by atoms with Crippen LogP contribution in [0.5, 0.6) is 0 Å². The van der Waals surface area contributed by atoms with Crippen molar-refractivity contribution < 1.29 is 8.78 Å². The molecule has 2 aromatic carbocycles. The van der Waals surface area contributed by atoms with Gasteiger partial charge >= 0.3 is 0 Å². The lowest BCUT2D eigenvalue weighted by Gasteiger charge is -2.18. The zero-order valence-corrected chi connectivity index (χ0v) is 12.7. The maximum atomic E-state index is 13.8. The third kappa shape index (κ3) is 3.55. The Hall–Kier alpha value is -1.01. The fourth-order valence-electron chi connectivity index (χ4n) is 1.95. The number of rotatable bonds is 4. The third-order valence-corrected chi connectivity index (χ3v) is 3.82. The van der Waals surface area contributed by atoms with Crippen molar-refractivity contribution in [1.29, 1.82) is 0 Å². The van der Waals surface area contributed by atoms with Crippen molar-refractivity contribution in [3.8, 4) is 0 Å². The molecule has 0 saturated heterocycles. The van der Waals surface area contributed by atoms with Crippen molar-refractivity contribution in [1.82, 2.24) is 5.43 Å². The highest BCUT2D eigenvalue weighted by molar-refractivity contribution is 9.10. The van der Waals surface area contributed by atoms with Crippen LogP contribution in [0.25, 0.3) is 0 Å². The predicted octanol–water partition coefficient (Wildman–Crippen LogP) is 4.13. The van der Waals surface area contributed by atoms with Gasteiger partial charge in [0.15, 0.2) is 0 Å². The van der Waals surface area contributed by atoms with Crippen LogP contribution in [0.3, 0.4) is 0 Å². The molecule has 0 amide bonds. The molecule has 1 unspecified atom stereocenters. The maximum Gasteiger partial charge on any atom is 0.130 e. The maximum absolute atomic E-state index is 13.8. The van der Waals surface area contributed by atoms with E-state index in [1.165, 1.54) is 12.1 Å². The predicted molar refractivity (Wildman–Crippen MR) is 79.3 cm³/mol. The summed E-state index contributed by atoms with van der Waals surface area (Å²) < 4.78 is 27.6. The Bertz CT molecular complexity index is 622. The van der Waals surface area contributed by atoms with Gasteiger partial charge < -0.3 is 0 Å². The molecule has 0 spiro atoms. The molecular formula is C14H12BrClF2N2. The molecule has 0 aromatic heterocycles. The first-order valence-electron chi connectivity index (χ1n) is 5.86. The quantitative estimate of drug-likeness (QED) is 0.635. The second-order valence-electron chi connectivity index (χ2n) is 4.32. The summed E-state index contributed by atoms with van der Waals surface area (Å²) in [5, 5.41) is 0.558. The Morgan fingerprint density at radius 1 is 1.20 bits per heavy atom. The fraction of sp³-hybridized carbons (Fsp3) is 0.143. The number of hydrogen-bond donors (Lipinski definition) is 2. The molecule has 0 aliphatic rings. The van der Waals surface area contributed by atoms with Crippen LogP contribution < -0.4 is 11.3 Å². The summed E-state index contributed by atoms with van der Waals surface area (Å²) in [4.78, 5) is 0. The smallest absolute Gasteiger partial charge is 0.130 e. The van der Waals surface area contributed by atoms with Crippen molar-refractivity contribution in [3.63, 3.8) is 0 Å². The molecule has 2 nitrogen and oxygen atoms in total. The van der Waals surface area contributed by atoms with Crippen molar-refractivity contribution in [3.05, 3.63) is 68.7 Å². The molecule has 1 atom stereocenters. The number of hydrogen-bond acceptors (Lipinski definition) is 2. The first-order chi connectivity index (χ1) is 9.51. The molecule has 2 aromatic rings. The van der Waals surface area contributed by atoms with Crippen molar-refractivity contribution in [2.45, 2.75) is 12.5 Å². The van der Waals surface area contributed by atoms with E-state index in [1.54, 1.807) is 6.07 Å². The van der Waals surface area contributed by atoms with Crippen LogP contribution >= 0.6 is 27.5 Å². The minimum Gasteiger partial charge on any atom is -0.271 e. The number of nitrogens with two attached hydrogens (primary N) is 1. The van der Waals surface area contributed by atoms with Crippen molar-refractivity contribution in [2.24, 2.45) is 5.84 Å². The van der Waals surface area contributed by atoms with Crippen LogP contribution in [-0.2, 0) is 6.42 Å². The second kappa shape index (κ2) is 6.63. The molecule has 0 bridgehead atoms. The molecule has 106 valence electrons. The number of hydrazine groups is 1. The first-order valence-corrected chi connectivity index (χ1v) is 7.03. The molecule has 0 aliphatic carbocycles. The van der Waals surface area contributed by atoms with E-state index in [0.29, 0.717) is 17.0 Å². The lowest BCUT2D eigenvalue weighted by molar-refractivity contribution is 0.502. The van der Waals surface area contributed by atoms with Gasteiger partial charge in [0.2, 0.25) is 0 Å². The van der Waals surface area contributed by atoms with Crippen LogP contribution in [0.1, 0.15) is 17.2 Å². The second-order valence-corrected chi connectivity index (χ2v) is 5.65. The molecule has 0 fully saturated rings. The summed E-state index contributed by atoms with van der Waals surface area (Å²) >= 11 is 9.45. The van der Waals surface area contributed by atoms with Gasteiger partial charge in [-0.1, -0.05) is 39.7 Å². The Balaban J connectivity index is 2.28. The van der Waals surface area contributed by atoms with Crippen molar-refractivity contribution in [2.75, 3.05) is 0 Å². The summed E-state index contributed by atoms with van der Waals surface area (Å²) in [7, 11) is 0. The van der Waals surface area contributed by atoms with E-state index in [0.717, 1.165) is 16.1 Å². The highest BCUT2D eigenvalue weighted by Crippen LogP contribution is 2.27. The Labute approximate surface area is 129 Å². The van der Waals surface area contributed by atoms with Crippen LogP contribution in [0.2, 0.25) is 5.02 Å². The molecule has 20 heavy (non-hydrogen) atoms. The minimum absolute atomic E-state index is 0.299. The van der Waals surface area contributed by atoms with E-state index < -0.39 is 17.7 Å². The van der Waals surface area contributed by atoms with Crippen molar-refractivity contribution >= 4 is 27.5 Å². The minimum atomic E-state index is -0.638. The van der Waals surface area contributed by atoms with Gasteiger partial charge in [-0.25, -0.2) is 8.78 Å². The van der Waals surface area contributed by atoms with E-state index in [9.17, 15) is 8.78 Å². The van der Waals surface area contributed by atoms with Crippen LogP contribution in [0, 0.1) is 11.6 Å². The first kappa shape index (κ1) is 15.4. The summed E-state index contributed by atoms with van der Waals surface area (Å²) in [5.41, 5.74) is 3.66.